The molecule has 0 radical (unpaired) electrons. The van der Waals surface area contributed by atoms with E-state index in [4.69, 9.17) is 4.74 Å². The van der Waals surface area contributed by atoms with Crippen LogP contribution in [-0.2, 0) is 19.1 Å². The molecule has 2 saturated carbocycles. The summed E-state index contributed by atoms with van der Waals surface area (Å²) in [5.74, 6) is -1.54. The lowest BCUT2D eigenvalue weighted by molar-refractivity contribution is -0.156. The van der Waals surface area contributed by atoms with Crippen LogP contribution in [0.1, 0.15) is 58.8 Å². The van der Waals surface area contributed by atoms with E-state index >= 15 is 0 Å². The van der Waals surface area contributed by atoms with Gasteiger partial charge in [-0.1, -0.05) is 13.3 Å². The van der Waals surface area contributed by atoms with E-state index in [1.165, 1.54) is 6.92 Å². The Hall–Kier alpha value is -2.65. The number of carbonyl (C=O) groups is 5. The first-order chi connectivity index (χ1) is 13.7. The maximum Gasteiger partial charge on any atom is 0.327 e. The van der Waals surface area contributed by atoms with Gasteiger partial charge in [0.25, 0.3) is 11.8 Å². The highest BCUT2D eigenvalue weighted by atomic mass is 16.5. The van der Waals surface area contributed by atoms with Crippen molar-refractivity contribution in [1.29, 1.82) is 0 Å². The minimum atomic E-state index is -1.23. The first kappa shape index (κ1) is 21.1. The fourth-order valence-electron chi connectivity index (χ4n) is 3.82. The van der Waals surface area contributed by atoms with E-state index in [1.807, 2.05) is 0 Å². The van der Waals surface area contributed by atoms with Gasteiger partial charge in [-0.25, -0.2) is 9.59 Å². The smallest absolute Gasteiger partial charge is 0.327 e. The molecule has 0 bridgehead atoms. The van der Waals surface area contributed by atoms with Crippen LogP contribution < -0.4 is 16.0 Å². The summed E-state index contributed by atoms with van der Waals surface area (Å²) in [5.41, 5.74) is -0.938. The monoisotopic (exact) mass is 408 g/mol. The van der Waals surface area contributed by atoms with Gasteiger partial charge in [0.2, 0.25) is 0 Å². The second kappa shape index (κ2) is 8.38. The summed E-state index contributed by atoms with van der Waals surface area (Å²) in [6.45, 7) is 2.85. The molecule has 3 N–H and O–H groups in total. The van der Waals surface area contributed by atoms with Crippen LogP contribution in [0.3, 0.4) is 0 Å². The Kier molecular flexibility index (Phi) is 6.09. The lowest BCUT2D eigenvalue weighted by Gasteiger charge is -2.34. The largest absolute Gasteiger partial charge is 0.451 e. The minimum absolute atomic E-state index is 0.0834. The Morgan fingerprint density at radius 3 is 2.45 bits per heavy atom. The molecule has 3 aliphatic rings. The molecular formula is C19H28N4O6. The SMILES string of the molecule is CCC1CCC2(CC1)NC(=O)N(CC(=O)OC(C)C(=O)NC(=O)NC1CC1)C2=O. The highest BCUT2D eigenvalue weighted by Gasteiger charge is 2.52. The predicted octanol–water partition coefficient (Wildman–Crippen LogP) is 0.797. The molecule has 29 heavy (non-hydrogen) atoms. The van der Waals surface area contributed by atoms with Crippen molar-refractivity contribution >= 4 is 29.8 Å². The van der Waals surface area contributed by atoms with Gasteiger partial charge >= 0.3 is 18.0 Å². The number of urea groups is 2. The zero-order valence-corrected chi connectivity index (χ0v) is 16.8. The molecule has 1 saturated heterocycles. The zero-order valence-electron chi connectivity index (χ0n) is 16.8. The molecule has 6 amide bonds. The van der Waals surface area contributed by atoms with Gasteiger partial charge in [-0.2, -0.15) is 0 Å². The number of amides is 6. The molecule has 1 unspecified atom stereocenters. The van der Waals surface area contributed by atoms with Crippen LogP contribution in [0.15, 0.2) is 0 Å². The Morgan fingerprint density at radius 1 is 1.21 bits per heavy atom. The average molecular weight is 408 g/mol. The normalized spacial score (nSPS) is 27.4. The van der Waals surface area contributed by atoms with Crippen molar-refractivity contribution in [2.75, 3.05) is 6.54 Å². The first-order valence-corrected chi connectivity index (χ1v) is 10.2. The number of hydrogen-bond donors (Lipinski definition) is 3. The molecule has 10 nitrogen and oxygen atoms in total. The molecule has 0 aromatic rings. The van der Waals surface area contributed by atoms with Crippen LogP contribution in [0.25, 0.3) is 0 Å². The minimum Gasteiger partial charge on any atom is -0.451 e. The van der Waals surface area contributed by atoms with Gasteiger partial charge < -0.3 is 15.4 Å². The molecule has 1 spiro atoms. The Labute approximate surface area is 169 Å². The Balaban J connectivity index is 1.49. The summed E-state index contributed by atoms with van der Waals surface area (Å²) in [5, 5.41) is 7.43. The van der Waals surface area contributed by atoms with Gasteiger partial charge in [-0.15, -0.1) is 0 Å². The fourth-order valence-corrected chi connectivity index (χ4v) is 3.82. The van der Waals surface area contributed by atoms with Crippen LogP contribution >= 0.6 is 0 Å². The summed E-state index contributed by atoms with van der Waals surface area (Å²) < 4.78 is 5.00. The third-order valence-corrected chi connectivity index (χ3v) is 5.90. The summed E-state index contributed by atoms with van der Waals surface area (Å²) in [6.07, 6.45) is 4.35. The molecule has 3 fully saturated rings. The summed E-state index contributed by atoms with van der Waals surface area (Å²) in [7, 11) is 0. The number of hydrogen-bond acceptors (Lipinski definition) is 6. The molecule has 160 valence electrons. The van der Waals surface area contributed by atoms with E-state index in [-0.39, 0.29) is 6.04 Å². The molecule has 0 aromatic heterocycles. The predicted molar refractivity (Wildman–Crippen MR) is 100 cm³/mol. The third-order valence-electron chi connectivity index (χ3n) is 5.90. The van der Waals surface area contributed by atoms with Crippen LogP contribution in [0.2, 0.25) is 0 Å². The van der Waals surface area contributed by atoms with Crippen molar-refractivity contribution < 1.29 is 28.7 Å². The number of rotatable bonds is 6. The molecule has 0 aromatic carbocycles. The Bertz CT molecular complexity index is 711. The fraction of sp³-hybridized carbons (Fsp3) is 0.737. The topological polar surface area (TPSA) is 134 Å². The highest BCUT2D eigenvalue weighted by molar-refractivity contribution is 6.08. The zero-order chi connectivity index (χ0) is 21.2. The standard InChI is InChI=1S/C19H28N4O6/c1-3-12-6-8-19(9-7-12)16(26)23(18(28)22-19)10-14(24)29-11(2)15(25)21-17(27)20-13-4-5-13/h11-13H,3-10H2,1-2H3,(H,22,28)(H2,20,21,25,27). The number of imide groups is 2. The van der Waals surface area contributed by atoms with Gasteiger partial charge in [-0.05, 0) is 51.4 Å². The second-order valence-corrected chi connectivity index (χ2v) is 8.12. The summed E-state index contributed by atoms with van der Waals surface area (Å²) in [6, 6.07) is -1.18. The molecule has 10 heteroatoms. The molecule has 1 aliphatic heterocycles. The third kappa shape index (κ3) is 4.86. The average Bonchev–Trinajstić information content (AvgIpc) is 3.46. The van der Waals surface area contributed by atoms with Crippen LogP contribution in [0.4, 0.5) is 9.59 Å². The van der Waals surface area contributed by atoms with Crippen molar-refractivity contribution in [3.8, 4) is 0 Å². The van der Waals surface area contributed by atoms with Crippen LogP contribution in [0.5, 0.6) is 0 Å². The lowest BCUT2D eigenvalue weighted by atomic mass is 9.75. The number of nitrogens with zero attached hydrogens (tertiary/aromatic N) is 1. The molecular weight excluding hydrogens is 380 g/mol. The number of carbonyl (C=O) groups excluding carboxylic acids is 5. The van der Waals surface area contributed by atoms with E-state index in [9.17, 15) is 24.0 Å². The van der Waals surface area contributed by atoms with Crippen LogP contribution in [0, 0.1) is 5.92 Å². The number of ether oxygens (including phenoxy) is 1. The molecule has 2 aliphatic carbocycles. The second-order valence-electron chi connectivity index (χ2n) is 8.12. The van der Waals surface area contributed by atoms with E-state index < -0.39 is 48.0 Å². The molecule has 1 atom stereocenters. The van der Waals surface area contributed by atoms with Gasteiger partial charge in [0.1, 0.15) is 12.1 Å². The first-order valence-electron chi connectivity index (χ1n) is 10.2. The van der Waals surface area contributed by atoms with E-state index in [0.717, 1.165) is 37.0 Å². The molecule has 1 heterocycles. The van der Waals surface area contributed by atoms with Gasteiger partial charge in [0.05, 0.1) is 0 Å². The van der Waals surface area contributed by atoms with Crippen molar-refractivity contribution in [3.63, 3.8) is 0 Å². The van der Waals surface area contributed by atoms with E-state index in [2.05, 4.69) is 22.9 Å². The number of nitrogens with one attached hydrogen (secondary N) is 3. The summed E-state index contributed by atoms with van der Waals surface area (Å²) >= 11 is 0. The van der Waals surface area contributed by atoms with Crippen molar-refractivity contribution in [2.45, 2.75) is 76.5 Å². The van der Waals surface area contributed by atoms with Crippen molar-refractivity contribution in [3.05, 3.63) is 0 Å². The molecule has 3 rings (SSSR count). The van der Waals surface area contributed by atoms with Crippen LogP contribution in [-0.4, -0.2) is 59.0 Å². The Morgan fingerprint density at radius 2 is 1.86 bits per heavy atom. The van der Waals surface area contributed by atoms with E-state index in [0.29, 0.717) is 18.8 Å². The maximum absolute atomic E-state index is 12.8. The maximum atomic E-state index is 12.8. The van der Waals surface area contributed by atoms with Crippen molar-refractivity contribution in [2.24, 2.45) is 5.92 Å². The van der Waals surface area contributed by atoms with E-state index in [1.54, 1.807) is 0 Å². The van der Waals surface area contributed by atoms with Gasteiger partial charge in [0, 0.05) is 6.04 Å². The van der Waals surface area contributed by atoms with Gasteiger partial charge in [0.15, 0.2) is 6.10 Å². The quantitative estimate of drug-likeness (QED) is 0.440. The lowest BCUT2D eigenvalue weighted by Crippen LogP contribution is -2.50. The summed E-state index contributed by atoms with van der Waals surface area (Å²) in [4.78, 5) is 61.6. The highest BCUT2D eigenvalue weighted by Crippen LogP contribution is 2.37. The number of esters is 1. The van der Waals surface area contributed by atoms with Crippen molar-refractivity contribution in [1.82, 2.24) is 20.9 Å². The van der Waals surface area contributed by atoms with Gasteiger partial charge in [-0.3, -0.25) is 24.6 Å².